The molecule has 0 saturated carbocycles. The van der Waals surface area contributed by atoms with Crippen molar-refractivity contribution in [2.24, 2.45) is 5.92 Å². The third-order valence-electron chi connectivity index (χ3n) is 1.64. The van der Waals surface area contributed by atoms with Gasteiger partial charge in [-0.3, -0.25) is 4.79 Å². The Labute approximate surface area is 84.7 Å². The Balaban J connectivity index is 2.95. The van der Waals surface area contributed by atoms with Crippen molar-refractivity contribution in [3.05, 3.63) is 33.2 Å². The van der Waals surface area contributed by atoms with E-state index in [9.17, 15) is 4.79 Å². The molecule has 0 fully saturated rings. The van der Waals surface area contributed by atoms with E-state index in [1.165, 1.54) is 10.6 Å². The fourth-order valence-corrected chi connectivity index (χ4v) is 1.36. The minimum atomic E-state index is -0.146. The molecule has 1 aromatic rings. The van der Waals surface area contributed by atoms with Crippen LogP contribution in [-0.2, 0) is 6.54 Å². The molecule has 1 aromatic heterocycles. The summed E-state index contributed by atoms with van der Waals surface area (Å²) < 4.78 is 2.37. The van der Waals surface area contributed by atoms with Crippen LogP contribution in [0.1, 0.15) is 6.92 Å². The van der Waals surface area contributed by atoms with Gasteiger partial charge in [0.05, 0.1) is 12.0 Å². The maximum Gasteiger partial charge on any atom is 0.250 e. The van der Waals surface area contributed by atoms with Gasteiger partial charge in [-0.2, -0.15) is 5.26 Å². The average Bonchev–Trinajstić information content (AvgIpc) is 2.11. The highest BCUT2D eigenvalue weighted by atomic mass is 79.9. The van der Waals surface area contributed by atoms with Crippen molar-refractivity contribution >= 4 is 15.9 Å². The van der Waals surface area contributed by atoms with Gasteiger partial charge in [0.15, 0.2) is 0 Å². The molecule has 0 saturated heterocycles. The first-order valence-corrected chi connectivity index (χ1v) is 4.68. The Morgan fingerprint density at radius 1 is 1.69 bits per heavy atom. The van der Waals surface area contributed by atoms with Crippen molar-refractivity contribution in [2.75, 3.05) is 0 Å². The van der Waals surface area contributed by atoms with Crippen LogP contribution in [0.25, 0.3) is 0 Å². The Hall–Kier alpha value is -1.08. The molecule has 1 heterocycles. The fraction of sp³-hybridized carbons (Fsp3) is 0.333. The summed E-state index contributed by atoms with van der Waals surface area (Å²) in [7, 11) is 0. The molecule has 68 valence electrons. The number of pyridine rings is 1. The van der Waals surface area contributed by atoms with Gasteiger partial charge in [0, 0.05) is 23.3 Å². The Morgan fingerprint density at radius 3 is 3.00 bits per heavy atom. The first-order valence-electron chi connectivity index (χ1n) is 3.89. The van der Waals surface area contributed by atoms with E-state index >= 15 is 0 Å². The Kier molecular flexibility index (Phi) is 3.26. The van der Waals surface area contributed by atoms with Crippen molar-refractivity contribution in [2.45, 2.75) is 13.5 Å². The van der Waals surface area contributed by atoms with Gasteiger partial charge < -0.3 is 4.57 Å². The number of hydrogen-bond acceptors (Lipinski definition) is 2. The SMILES string of the molecule is CC(C#N)Cn1cc(Br)ccc1=O. The number of aromatic nitrogens is 1. The molecule has 0 amide bonds. The second-order valence-corrected chi connectivity index (χ2v) is 3.78. The molecule has 1 unspecified atom stereocenters. The fourth-order valence-electron chi connectivity index (χ4n) is 0.981. The second kappa shape index (κ2) is 4.24. The predicted octanol–water partition coefficient (Wildman–Crippen LogP) is 1.77. The molecule has 3 nitrogen and oxygen atoms in total. The van der Waals surface area contributed by atoms with Crippen molar-refractivity contribution in [1.29, 1.82) is 5.26 Å². The van der Waals surface area contributed by atoms with Crippen LogP contribution in [0.4, 0.5) is 0 Å². The lowest BCUT2D eigenvalue weighted by Gasteiger charge is -2.06. The van der Waals surface area contributed by atoms with Crippen LogP contribution in [0.15, 0.2) is 27.6 Å². The lowest BCUT2D eigenvalue weighted by Crippen LogP contribution is -2.21. The largest absolute Gasteiger partial charge is 0.313 e. The highest BCUT2D eigenvalue weighted by molar-refractivity contribution is 9.10. The van der Waals surface area contributed by atoms with Crippen molar-refractivity contribution in [3.63, 3.8) is 0 Å². The summed E-state index contributed by atoms with van der Waals surface area (Å²) in [6.45, 7) is 2.22. The van der Waals surface area contributed by atoms with E-state index in [0.29, 0.717) is 6.54 Å². The number of nitrogens with zero attached hydrogens (tertiary/aromatic N) is 2. The van der Waals surface area contributed by atoms with Gasteiger partial charge in [-0.15, -0.1) is 0 Å². The Morgan fingerprint density at radius 2 is 2.38 bits per heavy atom. The first-order chi connectivity index (χ1) is 6.13. The Bertz CT molecular complexity index is 391. The van der Waals surface area contributed by atoms with Crippen LogP contribution in [0.3, 0.4) is 0 Å². The highest BCUT2D eigenvalue weighted by Gasteiger charge is 2.02. The molecule has 0 aliphatic carbocycles. The monoisotopic (exact) mass is 240 g/mol. The van der Waals surface area contributed by atoms with Gasteiger partial charge in [0.2, 0.25) is 0 Å². The molecule has 0 N–H and O–H groups in total. The molecule has 4 heteroatoms. The zero-order valence-electron chi connectivity index (χ0n) is 7.20. The van der Waals surface area contributed by atoms with Crippen LogP contribution >= 0.6 is 15.9 Å². The van der Waals surface area contributed by atoms with E-state index in [0.717, 1.165) is 4.47 Å². The molecule has 13 heavy (non-hydrogen) atoms. The number of nitriles is 1. The maximum atomic E-state index is 11.3. The highest BCUT2D eigenvalue weighted by Crippen LogP contribution is 2.06. The number of rotatable bonds is 2. The van der Waals surface area contributed by atoms with E-state index in [4.69, 9.17) is 5.26 Å². The van der Waals surface area contributed by atoms with E-state index in [2.05, 4.69) is 22.0 Å². The quantitative estimate of drug-likeness (QED) is 0.792. The lowest BCUT2D eigenvalue weighted by molar-refractivity contribution is 0.563. The normalized spacial score (nSPS) is 12.1. The van der Waals surface area contributed by atoms with Gasteiger partial charge in [0.1, 0.15) is 0 Å². The first kappa shape index (κ1) is 10.0. The van der Waals surface area contributed by atoms with E-state index in [-0.39, 0.29) is 11.5 Å². The van der Waals surface area contributed by atoms with Crippen LogP contribution in [0, 0.1) is 17.2 Å². The predicted molar refractivity (Wildman–Crippen MR) is 53.2 cm³/mol. The molecule has 0 radical (unpaired) electrons. The molecule has 0 aromatic carbocycles. The third-order valence-corrected chi connectivity index (χ3v) is 2.11. The zero-order valence-corrected chi connectivity index (χ0v) is 8.78. The average molecular weight is 241 g/mol. The summed E-state index contributed by atoms with van der Waals surface area (Å²) in [6.07, 6.45) is 1.69. The summed E-state index contributed by atoms with van der Waals surface area (Å²) in [5.41, 5.74) is -0.0784. The van der Waals surface area contributed by atoms with E-state index in [1.54, 1.807) is 19.2 Å². The molecule has 1 atom stereocenters. The molecular weight excluding hydrogens is 232 g/mol. The van der Waals surface area contributed by atoms with Gasteiger partial charge >= 0.3 is 0 Å². The molecular formula is C9H9BrN2O. The third kappa shape index (κ3) is 2.71. The molecule has 0 bridgehead atoms. The smallest absolute Gasteiger partial charge is 0.250 e. The summed E-state index contributed by atoms with van der Waals surface area (Å²) >= 11 is 3.27. The van der Waals surface area contributed by atoms with Crippen molar-refractivity contribution < 1.29 is 0 Å². The van der Waals surface area contributed by atoms with Gasteiger partial charge in [-0.25, -0.2) is 0 Å². The van der Waals surface area contributed by atoms with Gasteiger partial charge in [0.25, 0.3) is 5.56 Å². The summed E-state index contributed by atoms with van der Waals surface area (Å²) in [5, 5.41) is 8.58. The van der Waals surface area contributed by atoms with E-state index in [1.807, 2.05) is 0 Å². The molecule has 1 rings (SSSR count). The zero-order chi connectivity index (χ0) is 9.84. The topological polar surface area (TPSA) is 45.8 Å². The van der Waals surface area contributed by atoms with Crippen LogP contribution in [0.2, 0.25) is 0 Å². The minimum Gasteiger partial charge on any atom is -0.313 e. The van der Waals surface area contributed by atoms with Gasteiger partial charge in [-0.05, 0) is 28.9 Å². The van der Waals surface area contributed by atoms with Crippen molar-refractivity contribution in [1.82, 2.24) is 4.57 Å². The van der Waals surface area contributed by atoms with E-state index < -0.39 is 0 Å². The lowest BCUT2D eigenvalue weighted by atomic mass is 10.2. The number of halogens is 1. The maximum absolute atomic E-state index is 11.3. The second-order valence-electron chi connectivity index (χ2n) is 2.87. The standard InChI is InChI=1S/C9H9BrN2O/c1-7(4-11)5-12-6-8(10)2-3-9(12)13/h2-3,6-7H,5H2,1H3. The summed E-state index contributed by atoms with van der Waals surface area (Å²) in [4.78, 5) is 11.3. The van der Waals surface area contributed by atoms with Crippen molar-refractivity contribution in [3.8, 4) is 6.07 Å². The molecule has 0 aliphatic rings. The molecule has 0 spiro atoms. The number of hydrogen-bond donors (Lipinski definition) is 0. The summed E-state index contributed by atoms with van der Waals surface area (Å²) in [6, 6.07) is 5.26. The van der Waals surface area contributed by atoms with Crippen LogP contribution < -0.4 is 5.56 Å². The van der Waals surface area contributed by atoms with Gasteiger partial charge in [-0.1, -0.05) is 0 Å². The van der Waals surface area contributed by atoms with Crippen LogP contribution in [0.5, 0.6) is 0 Å². The molecule has 0 aliphatic heterocycles. The summed E-state index contributed by atoms with van der Waals surface area (Å²) in [5.74, 6) is -0.146. The van der Waals surface area contributed by atoms with Crippen LogP contribution in [-0.4, -0.2) is 4.57 Å². The minimum absolute atomic E-state index is 0.0784.